The minimum absolute atomic E-state index is 0.427. The molecule has 1 aliphatic rings. The summed E-state index contributed by atoms with van der Waals surface area (Å²) in [7, 11) is 0. The fraction of sp³-hybridized carbons (Fsp3) is 0.538. The summed E-state index contributed by atoms with van der Waals surface area (Å²) in [6.45, 7) is 3.91. The molecule has 1 atom stereocenters. The van der Waals surface area contributed by atoms with E-state index in [1.807, 2.05) is 24.3 Å². The van der Waals surface area contributed by atoms with Gasteiger partial charge in [-0.2, -0.15) is 0 Å². The highest BCUT2D eigenvalue weighted by Crippen LogP contribution is 2.22. The second-order valence-electron chi connectivity index (χ2n) is 4.58. The first kappa shape index (κ1) is 13.6. The third-order valence-corrected chi connectivity index (χ3v) is 3.52. The van der Waals surface area contributed by atoms with Crippen molar-refractivity contribution < 1.29 is 5.11 Å². The van der Waals surface area contributed by atoms with Crippen molar-refractivity contribution in [1.82, 2.24) is 4.90 Å². The van der Waals surface area contributed by atoms with Crippen LogP contribution in [0.4, 0.5) is 5.69 Å². The first-order chi connectivity index (χ1) is 8.70. The highest BCUT2D eigenvalue weighted by Gasteiger charge is 2.24. The molecule has 1 fully saturated rings. The topological polar surface area (TPSA) is 52.7 Å². The number of anilines is 1. The smallest absolute Gasteiger partial charge is 0.125 e. The van der Waals surface area contributed by atoms with E-state index < -0.39 is 6.23 Å². The van der Waals surface area contributed by atoms with E-state index in [0.29, 0.717) is 13.1 Å². The van der Waals surface area contributed by atoms with E-state index in [0.717, 1.165) is 36.8 Å². The quantitative estimate of drug-likeness (QED) is 0.860. The van der Waals surface area contributed by atoms with Crippen molar-refractivity contribution in [3.8, 4) is 0 Å². The summed E-state index contributed by atoms with van der Waals surface area (Å²) in [5.41, 5.74) is 6.56. The van der Waals surface area contributed by atoms with Crippen molar-refractivity contribution in [2.45, 2.75) is 12.6 Å². The number of hydrogen-bond donors (Lipinski definition) is 2. The number of benzene rings is 1. The molecule has 1 heterocycles. The number of aliphatic hydroxyl groups excluding tert-OH is 1. The fourth-order valence-electron chi connectivity index (χ4n) is 2.26. The summed E-state index contributed by atoms with van der Waals surface area (Å²) in [6.07, 6.45) is 0.498. The molecule has 18 heavy (non-hydrogen) atoms. The first-order valence-electron chi connectivity index (χ1n) is 6.33. The summed E-state index contributed by atoms with van der Waals surface area (Å²) in [6, 6.07) is 7.75. The van der Waals surface area contributed by atoms with Crippen LogP contribution >= 0.6 is 11.6 Å². The molecule has 4 nitrogen and oxygen atoms in total. The second-order valence-corrected chi connectivity index (χ2v) is 5.02. The van der Waals surface area contributed by atoms with Crippen LogP contribution in [0.5, 0.6) is 0 Å². The number of aliphatic hydroxyl groups is 1. The van der Waals surface area contributed by atoms with E-state index >= 15 is 0 Å². The highest BCUT2D eigenvalue weighted by molar-refractivity contribution is 6.30. The van der Waals surface area contributed by atoms with Crippen LogP contribution in [-0.4, -0.2) is 49.0 Å². The third-order valence-electron chi connectivity index (χ3n) is 3.29. The minimum Gasteiger partial charge on any atom is -0.376 e. The molecule has 100 valence electrons. The van der Waals surface area contributed by atoms with E-state index in [4.69, 9.17) is 17.3 Å². The van der Waals surface area contributed by atoms with Gasteiger partial charge in [-0.15, -0.1) is 0 Å². The van der Waals surface area contributed by atoms with Crippen molar-refractivity contribution >= 4 is 17.3 Å². The zero-order valence-electron chi connectivity index (χ0n) is 10.4. The summed E-state index contributed by atoms with van der Waals surface area (Å²) in [5, 5.41) is 10.8. The van der Waals surface area contributed by atoms with Gasteiger partial charge in [0.25, 0.3) is 0 Å². The lowest BCUT2D eigenvalue weighted by atomic mass is 10.2. The Kier molecular flexibility index (Phi) is 4.83. The molecule has 1 unspecified atom stereocenters. The molecule has 1 aromatic carbocycles. The number of β-amino-alcohol motifs (C(OH)–C–C–N with tert-alkyl or cyclic N) is 1. The van der Waals surface area contributed by atoms with Crippen LogP contribution in [0.3, 0.4) is 0 Å². The van der Waals surface area contributed by atoms with Crippen LogP contribution in [-0.2, 0) is 0 Å². The number of piperazine rings is 1. The van der Waals surface area contributed by atoms with E-state index in [1.165, 1.54) is 0 Å². The summed E-state index contributed by atoms with van der Waals surface area (Å²) >= 11 is 5.98. The van der Waals surface area contributed by atoms with E-state index in [-0.39, 0.29) is 0 Å². The summed E-state index contributed by atoms with van der Waals surface area (Å²) in [4.78, 5) is 4.24. The molecule has 0 spiro atoms. The number of nitrogens with zero attached hydrogens (tertiary/aromatic N) is 2. The van der Waals surface area contributed by atoms with E-state index in [1.54, 1.807) is 0 Å². The van der Waals surface area contributed by atoms with Gasteiger partial charge in [0.2, 0.25) is 0 Å². The van der Waals surface area contributed by atoms with Gasteiger partial charge in [-0.3, -0.25) is 4.90 Å². The van der Waals surface area contributed by atoms with Gasteiger partial charge < -0.3 is 15.7 Å². The number of hydrogen-bond acceptors (Lipinski definition) is 4. The second kappa shape index (κ2) is 6.38. The third kappa shape index (κ3) is 3.36. The Morgan fingerprint density at radius 2 is 2.22 bits per heavy atom. The van der Waals surface area contributed by atoms with Gasteiger partial charge in [0, 0.05) is 30.3 Å². The van der Waals surface area contributed by atoms with Crippen molar-refractivity contribution in [2.75, 3.05) is 37.6 Å². The van der Waals surface area contributed by atoms with Crippen molar-refractivity contribution in [3.05, 3.63) is 29.3 Å². The lowest BCUT2D eigenvalue weighted by Crippen LogP contribution is -2.53. The lowest BCUT2D eigenvalue weighted by Gasteiger charge is -2.39. The largest absolute Gasteiger partial charge is 0.376 e. The maximum absolute atomic E-state index is 10.1. The molecular weight excluding hydrogens is 250 g/mol. The first-order valence-corrected chi connectivity index (χ1v) is 6.71. The summed E-state index contributed by atoms with van der Waals surface area (Å²) < 4.78 is 0. The Labute approximate surface area is 113 Å². The van der Waals surface area contributed by atoms with E-state index in [2.05, 4.69) is 9.80 Å². The maximum atomic E-state index is 10.1. The molecule has 3 N–H and O–H groups in total. The van der Waals surface area contributed by atoms with Gasteiger partial charge in [0.1, 0.15) is 6.23 Å². The molecule has 0 saturated carbocycles. The van der Waals surface area contributed by atoms with Crippen molar-refractivity contribution in [2.24, 2.45) is 5.73 Å². The Balaban J connectivity index is 1.95. The predicted molar refractivity (Wildman–Crippen MR) is 74.9 cm³/mol. The lowest BCUT2D eigenvalue weighted by molar-refractivity contribution is -0.00354. The zero-order valence-corrected chi connectivity index (χ0v) is 11.2. The standard InChI is InChI=1S/C13H20ClN3O/c14-11-3-1-4-12(9-11)17-8-7-16(6-2-5-15)13(18)10-17/h1,3-4,9,13,18H,2,5-8,10,15H2. The Morgan fingerprint density at radius 3 is 2.89 bits per heavy atom. The number of rotatable bonds is 4. The Bertz CT molecular complexity index is 388. The summed E-state index contributed by atoms with van der Waals surface area (Å²) in [5.74, 6) is 0. The molecule has 0 radical (unpaired) electrons. The number of halogens is 1. The molecule has 1 aliphatic heterocycles. The molecule has 2 rings (SSSR count). The van der Waals surface area contributed by atoms with Gasteiger partial charge in [-0.25, -0.2) is 0 Å². The zero-order chi connectivity index (χ0) is 13.0. The van der Waals surface area contributed by atoms with Gasteiger partial charge in [0.15, 0.2) is 0 Å². The minimum atomic E-state index is -0.427. The van der Waals surface area contributed by atoms with Crippen molar-refractivity contribution in [3.63, 3.8) is 0 Å². The molecule has 0 aromatic heterocycles. The van der Waals surface area contributed by atoms with Crippen LogP contribution in [0.2, 0.25) is 5.02 Å². The van der Waals surface area contributed by atoms with Gasteiger partial charge in [-0.05, 0) is 31.2 Å². The van der Waals surface area contributed by atoms with Crippen LogP contribution < -0.4 is 10.6 Å². The van der Waals surface area contributed by atoms with Crippen LogP contribution in [0.15, 0.2) is 24.3 Å². The van der Waals surface area contributed by atoms with E-state index in [9.17, 15) is 5.11 Å². The molecule has 1 saturated heterocycles. The van der Waals surface area contributed by atoms with Gasteiger partial charge in [-0.1, -0.05) is 17.7 Å². The Hall–Kier alpha value is -0.810. The molecule has 1 aromatic rings. The molecule has 0 aliphatic carbocycles. The van der Waals surface area contributed by atoms with Crippen LogP contribution in [0.25, 0.3) is 0 Å². The Morgan fingerprint density at radius 1 is 1.39 bits per heavy atom. The highest BCUT2D eigenvalue weighted by atomic mass is 35.5. The maximum Gasteiger partial charge on any atom is 0.125 e. The SMILES string of the molecule is NCCCN1CCN(c2cccc(Cl)c2)CC1O. The van der Waals surface area contributed by atoms with Gasteiger partial charge in [0.05, 0.1) is 6.54 Å². The molecule has 0 amide bonds. The molecular formula is C13H20ClN3O. The molecule has 5 heteroatoms. The number of nitrogens with two attached hydrogens (primary N) is 1. The normalized spacial score (nSPS) is 21.3. The fourth-order valence-corrected chi connectivity index (χ4v) is 2.45. The van der Waals surface area contributed by atoms with Crippen LogP contribution in [0, 0.1) is 0 Å². The predicted octanol–water partition coefficient (Wildman–Crippen LogP) is 1.13. The molecule has 0 bridgehead atoms. The monoisotopic (exact) mass is 269 g/mol. The van der Waals surface area contributed by atoms with Gasteiger partial charge >= 0.3 is 0 Å². The average molecular weight is 270 g/mol. The van der Waals surface area contributed by atoms with Crippen LogP contribution in [0.1, 0.15) is 6.42 Å². The average Bonchev–Trinajstić information content (AvgIpc) is 2.37. The van der Waals surface area contributed by atoms with Crippen molar-refractivity contribution in [1.29, 1.82) is 0 Å².